The fourth-order valence-corrected chi connectivity index (χ4v) is 2.51. The molecule has 122 valence electrons. The van der Waals surface area contributed by atoms with Gasteiger partial charge in [-0.25, -0.2) is 0 Å². The minimum atomic E-state index is 0.0874. The molecule has 5 nitrogen and oxygen atoms in total. The van der Waals surface area contributed by atoms with Gasteiger partial charge in [-0.05, 0) is 43.5 Å². The second-order valence-electron chi connectivity index (χ2n) is 5.54. The summed E-state index contributed by atoms with van der Waals surface area (Å²) >= 11 is 0. The Balaban J connectivity index is 1.52. The molecule has 2 N–H and O–H groups in total. The standard InChI is InChI=1S/C17H26N2O3/c1-21-15-5-2-4-14(12-15)7-9-18-10-8-17(20)19-13-16-6-3-11-22-16/h2,4-5,12,16,18H,3,6-11,13H2,1H3,(H,19,20). The summed E-state index contributed by atoms with van der Waals surface area (Å²) in [5, 5.41) is 6.23. The van der Waals surface area contributed by atoms with E-state index in [2.05, 4.69) is 16.7 Å². The van der Waals surface area contributed by atoms with E-state index in [1.165, 1.54) is 5.56 Å². The van der Waals surface area contributed by atoms with Gasteiger partial charge in [0.1, 0.15) is 5.75 Å². The van der Waals surface area contributed by atoms with Crippen LogP contribution in [-0.4, -0.2) is 45.4 Å². The highest BCUT2D eigenvalue weighted by Crippen LogP contribution is 2.12. The van der Waals surface area contributed by atoms with Gasteiger partial charge in [0.2, 0.25) is 5.91 Å². The van der Waals surface area contributed by atoms with Crippen molar-refractivity contribution in [2.75, 3.05) is 33.4 Å². The molecule has 0 aromatic heterocycles. The maximum atomic E-state index is 11.7. The minimum absolute atomic E-state index is 0.0874. The Morgan fingerprint density at radius 2 is 2.32 bits per heavy atom. The maximum absolute atomic E-state index is 11.7. The minimum Gasteiger partial charge on any atom is -0.497 e. The van der Waals surface area contributed by atoms with E-state index in [1.807, 2.05) is 18.2 Å². The molecule has 0 bridgehead atoms. The van der Waals surface area contributed by atoms with E-state index in [1.54, 1.807) is 7.11 Å². The molecule has 5 heteroatoms. The van der Waals surface area contributed by atoms with Gasteiger partial charge in [-0.15, -0.1) is 0 Å². The van der Waals surface area contributed by atoms with Gasteiger partial charge < -0.3 is 20.1 Å². The van der Waals surface area contributed by atoms with Crippen LogP contribution in [0.3, 0.4) is 0 Å². The first-order valence-corrected chi connectivity index (χ1v) is 8.00. The van der Waals surface area contributed by atoms with Crippen LogP contribution in [0, 0.1) is 0 Å². The summed E-state index contributed by atoms with van der Waals surface area (Å²) in [5.41, 5.74) is 1.23. The van der Waals surface area contributed by atoms with E-state index in [-0.39, 0.29) is 12.0 Å². The van der Waals surface area contributed by atoms with Crippen LogP contribution in [-0.2, 0) is 16.0 Å². The summed E-state index contributed by atoms with van der Waals surface area (Å²) in [5.74, 6) is 0.968. The third-order valence-corrected chi connectivity index (χ3v) is 3.80. The van der Waals surface area contributed by atoms with Crippen LogP contribution in [0.2, 0.25) is 0 Å². The molecule has 0 spiro atoms. The van der Waals surface area contributed by atoms with Crippen molar-refractivity contribution in [2.45, 2.75) is 31.8 Å². The topological polar surface area (TPSA) is 59.6 Å². The van der Waals surface area contributed by atoms with Gasteiger partial charge in [-0.3, -0.25) is 4.79 Å². The van der Waals surface area contributed by atoms with Gasteiger partial charge in [0.25, 0.3) is 0 Å². The van der Waals surface area contributed by atoms with Gasteiger partial charge in [0.15, 0.2) is 0 Å². The zero-order valence-electron chi connectivity index (χ0n) is 13.3. The number of amides is 1. The zero-order valence-corrected chi connectivity index (χ0v) is 13.3. The SMILES string of the molecule is COc1cccc(CCNCCC(=O)NCC2CCCO2)c1. The molecular weight excluding hydrogens is 280 g/mol. The second-order valence-corrected chi connectivity index (χ2v) is 5.54. The number of hydrogen-bond acceptors (Lipinski definition) is 4. The van der Waals surface area contributed by atoms with Crippen LogP contribution in [0.1, 0.15) is 24.8 Å². The van der Waals surface area contributed by atoms with E-state index in [4.69, 9.17) is 9.47 Å². The molecule has 1 atom stereocenters. The molecule has 0 radical (unpaired) electrons. The Labute approximate surface area is 132 Å². The van der Waals surface area contributed by atoms with Crippen molar-refractivity contribution in [1.82, 2.24) is 10.6 Å². The molecule has 1 heterocycles. The molecule has 22 heavy (non-hydrogen) atoms. The molecule has 1 unspecified atom stereocenters. The molecule has 1 saturated heterocycles. The fraction of sp³-hybridized carbons (Fsp3) is 0.588. The lowest BCUT2D eigenvalue weighted by Gasteiger charge is -2.11. The summed E-state index contributed by atoms with van der Waals surface area (Å²) in [4.78, 5) is 11.7. The number of carbonyl (C=O) groups excluding carboxylic acids is 1. The molecular formula is C17H26N2O3. The smallest absolute Gasteiger partial charge is 0.221 e. The number of ether oxygens (including phenoxy) is 2. The summed E-state index contributed by atoms with van der Waals surface area (Å²) in [6, 6.07) is 8.05. The molecule has 1 aromatic carbocycles. The quantitative estimate of drug-likeness (QED) is 0.679. The predicted octanol–water partition coefficient (Wildman–Crippen LogP) is 1.51. The summed E-state index contributed by atoms with van der Waals surface area (Å²) in [6.07, 6.45) is 3.80. The largest absolute Gasteiger partial charge is 0.497 e. The van der Waals surface area contributed by atoms with E-state index < -0.39 is 0 Å². The summed E-state index contributed by atoms with van der Waals surface area (Å²) in [7, 11) is 1.67. The van der Waals surface area contributed by atoms with Crippen LogP contribution in [0.15, 0.2) is 24.3 Å². The van der Waals surface area contributed by atoms with Gasteiger partial charge in [0, 0.05) is 26.1 Å². The van der Waals surface area contributed by atoms with E-state index in [0.29, 0.717) is 19.5 Å². The van der Waals surface area contributed by atoms with Crippen molar-refractivity contribution in [2.24, 2.45) is 0 Å². The molecule has 1 aromatic rings. The van der Waals surface area contributed by atoms with Crippen molar-refractivity contribution in [3.63, 3.8) is 0 Å². The van der Waals surface area contributed by atoms with Gasteiger partial charge >= 0.3 is 0 Å². The Morgan fingerprint density at radius 3 is 3.09 bits per heavy atom. The first kappa shape index (κ1) is 16.8. The summed E-state index contributed by atoms with van der Waals surface area (Å²) in [6.45, 7) is 3.02. The summed E-state index contributed by atoms with van der Waals surface area (Å²) < 4.78 is 10.7. The Morgan fingerprint density at radius 1 is 1.41 bits per heavy atom. The first-order valence-electron chi connectivity index (χ1n) is 8.00. The van der Waals surface area contributed by atoms with Gasteiger partial charge in [0.05, 0.1) is 13.2 Å². The highest BCUT2D eigenvalue weighted by Gasteiger charge is 2.15. The van der Waals surface area contributed by atoms with Crippen LogP contribution in [0.5, 0.6) is 5.75 Å². The lowest BCUT2D eigenvalue weighted by molar-refractivity contribution is -0.121. The van der Waals surface area contributed by atoms with Gasteiger partial charge in [-0.2, -0.15) is 0 Å². The lowest BCUT2D eigenvalue weighted by atomic mass is 10.1. The molecule has 1 aliphatic heterocycles. The average Bonchev–Trinajstić information content (AvgIpc) is 3.06. The molecule has 1 fully saturated rings. The van der Waals surface area contributed by atoms with Crippen LogP contribution in [0.4, 0.5) is 0 Å². The Hall–Kier alpha value is -1.59. The zero-order chi connectivity index (χ0) is 15.6. The second kappa shape index (κ2) is 9.43. The van der Waals surface area contributed by atoms with E-state index >= 15 is 0 Å². The highest BCUT2D eigenvalue weighted by molar-refractivity contribution is 5.76. The molecule has 1 aliphatic rings. The number of rotatable bonds is 9. The number of methoxy groups -OCH3 is 1. The average molecular weight is 306 g/mol. The highest BCUT2D eigenvalue weighted by atomic mass is 16.5. The lowest BCUT2D eigenvalue weighted by Crippen LogP contribution is -2.33. The van der Waals surface area contributed by atoms with Gasteiger partial charge in [-0.1, -0.05) is 12.1 Å². The van der Waals surface area contributed by atoms with Crippen molar-refractivity contribution in [3.8, 4) is 5.75 Å². The number of nitrogens with one attached hydrogen (secondary N) is 2. The molecule has 0 aliphatic carbocycles. The van der Waals surface area contributed by atoms with E-state index in [9.17, 15) is 4.79 Å². The third-order valence-electron chi connectivity index (χ3n) is 3.80. The number of hydrogen-bond donors (Lipinski definition) is 2. The van der Waals surface area contributed by atoms with Crippen LogP contribution < -0.4 is 15.4 Å². The number of benzene rings is 1. The van der Waals surface area contributed by atoms with Crippen LogP contribution in [0.25, 0.3) is 0 Å². The monoisotopic (exact) mass is 306 g/mol. The Kier molecular flexibility index (Phi) is 7.19. The Bertz CT molecular complexity index is 459. The third kappa shape index (κ3) is 6.03. The van der Waals surface area contributed by atoms with Crippen molar-refractivity contribution < 1.29 is 14.3 Å². The first-order chi connectivity index (χ1) is 10.8. The normalized spacial score (nSPS) is 17.4. The predicted molar refractivity (Wildman–Crippen MR) is 86.2 cm³/mol. The van der Waals surface area contributed by atoms with Crippen LogP contribution >= 0.6 is 0 Å². The molecule has 2 rings (SSSR count). The number of carbonyl (C=O) groups is 1. The fourth-order valence-electron chi connectivity index (χ4n) is 2.51. The van der Waals surface area contributed by atoms with Crippen molar-refractivity contribution >= 4 is 5.91 Å². The van der Waals surface area contributed by atoms with Crippen molar-refractivity contribution in [1.29, 1.82) is 0 Å². The molecule has 1 amide bonds. The van der Waals surface area contributed by atoms with Crippen molar-refractivity contribution in [3.05, 3.63) is 29.8 Å². The van der Waals surface area contributed by atoms with E-state index in [0.717, 1.165) is 38.2 Å². The molecule has 0 saturated carbocycles. The maximum Gasteiger partial charge on any atom is 0.221 e.